The molecule has 1 aromatic carbocycles. The van der Waals surface area contributed by atoms with E-state index in [0.717, 1.165) is 5.56 Å². The molecule has 1 saturated heterocycles. The van der Waals surface area contributed by atoms with Gasteiger partial charge in [-0.05, 0) is 17.7 Å². The minimum absolute atomic E-state index is 0.00117. The smallest absolute Gasteiger partial charge is 0.123 e. The first-order chi connectivity index (χ1) is 5.81. The molecule has 0 amide bonds. The zero-order valence-corrected chi connectivity index (χ0v) is 6.40. The van der Waals surface area contributed by atoms with E-state index in [9.17, 15) is 4.39 Å². The molecule has 1 aliphatic rings. The lowest BCUT2D eigenvalue weighted by Crippen LogP contribution is -1.94. The number of aliphatic hydroxyl groups excluding tert-OH is 1. The van der Waals surface area contributed by atoms with Gasteiger partial charge in [-0.25, -0.2) is 4.39 Å². The molecule has 2 nitrogen and oxygen atoms in total. The molecule has 3 heteroatoms. The Labute approximate surface area is 69.6 Å². The normalized spacial score (nSPS) is 27.2. The molecule has 64 valence electrons. The van der Waals surface area contributed by atoms with Gasteiger partial charge in [0.15, 0.2) is 0 Å². The van der Waals surface area contributed by atoms with E-state index in [0.29, 0.717) is 0 Å². The fourth-order valence-corrected chi connectivity index (χ4v) is 1.26. The number of ether oxygens (including phenoxy) is 1. The molecule has 12 heavy (non-hydrogen) atoms. The fourth-order valence-electron chi connectivity index (χ4n) is 1.26. The standard InChI is InChI=1S/C9H9FO2/c10-7-3-1-2-6(4-7)9-8(5-11)12-9/h1-4,8-9,11H,5H2/t8-,9-/m0/s1. The van der Waals surface area contributed by atoms with Crippen LogP contribution in [-0.4, -0.2) is 17.8 Å². The second-order valence-corrected chi connectivity index (χ2v) is 2.83. The Morgan fingerprint density at radius 1 is 1.50 bits per heavy atom. The molecule has 0 spiro atoms. The second kappa shape index (κ2) is 2.84. The van der Waals surface area contributed by atoms with Crippen LogP contribution in [-0.2, 0) is 4.74 Å². The highest BCUT2D eigenvalue weighted by Gasteiger charge is 2.39. The van der Waals surface area contributed by atoms with Crippen molar-refractivity contribution in [2.24, 2.45) is 0 Å². The largest absolute Gasteiger partial charge is 0.394 e. The molecule has 2 atom stereocenters. The van der Waals surface area contributed by atoms with Gasteiger partial charge >= 0.3 is 0 Å². The maximum Gasteiger partial charge on any atom is 0.123 e. The van der Waals surface area contributed by atoms with Gasteiger partial charge in [-0.3, -0.25) is 0 Å². The van der Waals surface area contributed by atoms with E-state index in [4.69, 9.17) is 9.84 Å². The summed E-state index contributed by atoms with van der Waals surface area (Å²) in [7, 11) is 0. The lowest BCUT2D eigenvalue weighted by atomic mass is 10.1. The number of hydrogen-bond donors (Lipinski definition) is 1. The molecule has 1 aliphatic heterocycles. The minimum atomic E-state index is -0.264. The molecule has 0 aromatic heterocycles. The lowest BCUT2D eigenvalue weighted by molar-refractivity contribution is 0.242. The van der Waals surface area contributed by atoms with Crippen molar-refractivity contribution in [2.45, 2.75) is 12.2 Å². The van der Waals surface area contributed by atoms with Gasteiger partial charge in [0, 0.05) is 0 Å². The third kappa shape index (κ3) is 1.33. The third-order valence-electron chi connectivity index (χ3n) is 1.94. The van der Waals surface area contributed by atoms with Gasteiger partial charge < -0.3 is 9.84 Å². The van der Waals surface area contributed by atoms with Crippen molar-refractivity contribution in [1.29, 1.82) is 0 Å². The van der Waals surface area contributed by atoms with Gasteiger partial charge in [0.2, 0.25) is 0 Å². The average molecular weight is 168 g/mol. The molecule has 1 N–H and O–H groups in total. The molecule has 0 saturated carbocycles. The zero-order valence-electron chi connectivity index (χ0n) is 6.40. The first-order valence-corrected chi connectivity index (χ1v) is 3.83. The van der Waals surface area contributed by atoms with E-state index in [2.05, 4.69) is 0 Å². The van der Waals surface area contributed by atoms with Gasteiger partial charge in [0.25, 0.3) is 0 Å². The number of epoxide rings is 1. The van der Waals surface area contributed by atoms with E-state index in [1.807, 2.05) is 0 Å². The van der Waals surface area contributed by atoms with Gasteiger partial charge in [-0.1, -0.05) is 12.1 Å². The van der Waals surface area contributed by atoms with Gasteiger partial charge in [-0.15, -0.1) is 0 Å². The molecule has 0 aliphatic carbocycles. The monoisotopic (exact) mass is 168 g/mol. The number of rotatable bonds is 2. The van der Waals surface area contributed by atoms with Crippen LogP contribution >= 0.6 is 0 Å². The van der Waals surface area contributed by atoms with Crippen molar-refractivity contribution in [1.82, 2.24) is 0 Å². The highest BCUT2D eigenvalue weighted by Crippen LogP contribution is 2.38. The van der Waals surface area contributed by atoms with Gasteiger partial charge in [0.05, 0.1) is 6.61 Å². The number of aliphatic hydroxyl groups is 1. The van der Waals surface area contributed by atoms with E-state index >= 15 is 0 Å². The van der Waals surface area contributed by atoms with Crippen LogP contribution in [0.4, 0.5) is 4.39 Å². The van der Waals surface area contributed by atoms with Crippen molar-refractivity contribution in [2.75, 3.05) is 6.61 Å². The highest BCUT2D eigenvalue weighted by atomic mass is 19.1. The molecule has 0 radical (unpaired) electrons. The van der Waals surface area contributed by atoms with Crippen LogP contribution in [0.2, 0.25) is 0 Å². The van der Waals surface area contributed by atoms with Crippen LogP contribution in [0.1, 0.15) is 11.7 Å². The first-order valence-electron chi connectivity index (χ1n) is 3.83. The maximum absolute atomic E-state index is 12.7. The second-order valence-electron chi connectivity index (χ2n) is 2.83. The summed E-state index contributed by atoms with van der Waals surface area (Å²) in [6.07, 6.45) is -0.238. The van der Waals surface area contributed by atoms with Crippen LogP contribution in [0.15, 0.2) is 24.3 Å². The fraction of sp³-hybridized carbons (Fsp3) is 0.333. The van der Waals surface area contributed by atoms with Crippen LogP contribution < -0.4 is 0 Å². The third-order valence-corrected chi connectivity index (χ3v) is 1.94. The quantitative estimate of drug-likeness (QED) is 0.674. The number of hydrogen-bond acceptors (Lipinski definition) is 2. The Bertz CT molecular complexity index is 288. The van der Waals surface area contributed by atoms with E-state index in [1.165, 1.54) is 12.1 Å². The first kappa shape index (κ1) is 7.71. The minimum Gasteiger partial charge on any atom is -0.394 e. The zero-order chi connectivity index (χ0) is 8.55. The summed E-state index contributed by atoms with van der Waals surface area (Å²) in [5.41, 5.74) is 0.800. The summed E-state index contributed by atoms with van der Waals surface area (Å²) in [4.78, 5) is 0. The SMILES string of the molecule is OC[C@@H]1O[C@H]1c1cccc(F)c1. The molecule has 1 heterocycles. The summed E-state index contributed by atoms with van der Waals surface area (Å²) in [6, 6.07) is 6.25. The molecular weight excluding hydrogens is 159 g/mol. The van der Waals surface area contributed by atoms with Crippen molar-refractivity contribution in [3.8, 4) is 0 Å². The molecular formula is C9H9FO2. The van der Waals surface area contributed by atoms with Crippen LogP contribution in [0.25, 0.3) is 0 Å². The molecule has 1 fully saturated rings. The number of benzene rings is 1. The maximum atomic E-state index is 12.7. The van der Waals surface area contributed by atoms with Crippen LogP contribution in [0, 0.1) is 5.82 Å². The Morgan fingerprint density at radius 3 is 2.92 bits per heavy atom. The van der Waals surface area contributed by atoms with Gasteiger partial charge in [-0.2, -0.15) is 0 Å². The topological polar surface area (TPSA) is 32.8 Å². The van der Waals surface area contributed by atoms with Crippen molar-refractivity contribution < 1.29 is 14.2 Å². The predicted octanol–water partition coefficient (Wildman–Crippen LogP) is 1.26. The predicted molar refractivity (Wildman–Crippen MR) is 41.1 cm³/mol. The van der Waals surface area contributed by atoms with Gasteiger partial charge in [0.1, 0.15) is 18.0 Å². The Kier molecular flexibility index (Phi) is 1.83. The molecule has 0 bridgehead atoms. The summed E-state index contributed by atoms with van der Waals surface area (Å²) >= 11 is 0. The number of halogens is 1. The lowest BCUT2D eigenvalue weighted by Gasteiger charge is -1.94. The Morgan fingerprint density at radius 2 is 2.33 bits per heavy atom. The Hall–Kier alpha value is -0.930. The summed E-state index contributed by atoms with van der Waals surface area (Å²) < 4.78 is 17.8. The Balaban J connectivity index is 2.14. The van der Waals surface area contributed by atoms with E-state index < -0.39 is 0 Å². The molecule has 2 rings (SSSR count). The van der Waals surface area contributed by atoms with Crippen molar-refractivity contribution in [3.05, 3.63) is 35.6 Å². The highest BCUT2D eigenvalue weighted by molar-refractivity contribution is 5.23. The summed E-state index contributed by atoms with van der Waals surface area (Å²) in [5.74, 6) is -0.264. The van der Waals surface area contributed by atoms with Crippen LogP contribution in [0.3, 0.4) is 0 Å². The summed E-state index contributed by atoms with van der Waals surface area (Å²) in [6.45, 7) is 0.00117. The molecule has 0 unspecified atom stereocenters. The molecule has 1 aromatic rings. The van der Waals surface area contributed by atoms with Crippen LogP contribution in [0.5, 0.6) is 0 Å². The van der Waals surface area contributed by atoms with E-state index in [1.54, 1.807) is 12.1 Å². The average Bonchev–Trinajstić information content (AvgIpc) is 2.83. The van der Waals surface area contributed by atoms with Crippen molar-refractivity contribution >= 4 is 0 Å². The van der Waals surface area contributed by atoms with E-state index in [-0.39, 0.29) is 24.6 Å². The summed E-state index contributed by atoms with van der Waals surface area (Å²) in [5, 5.41) is 8.69. The van der Waals surface area contributed by atoms with Crippen molar-refractivity contribution in [3.63, 3.8) is 0 Å².